The molecule has 0 aliphatic heterocycles. The molecule has 1 nitrogen and oxygen atoms in total. The third-order valence-electron chi connectivity index (χ3n) is 1.73. The topological polar surface area (TPSA) is 9.23 Å². The van der Waals surface area contributed by atoms with E-state index in [-0.39, 0.29) is 0 Å². The van der Waals surface area contributed by atoms with Gasteiger partial charge in [0.15, 0.2) is 0 Å². The predicted octanol–water partition coefficient (Wildman–Crippen LogP) is 4.15. The Balaban J connectivity index is 2.86. The van der Waals surface area contributed by atoms with Crippen LogP contribution in [-0.4, -0.2) is 11.9 Å². The molecule has 1 unspecified atom stereocenters. The standard InChI is InChI=1S/C11H12BrClO/c1-8(12)3-4-9-5-6-11(14-2)10(13)7-9/h3-8H,1-2H3/b4-3+. The average molecular weight is 276 g/mol. The zero-order chi connectivity index (χ0) is 10.6. The van der Waals surface area contributed by atoms with Gasteiger partial charge in [0, 0.05) is 4.83 Å². The van der Waals surface area contributed by atoms with Gasteiger partial charge in [0.1, 0.15) is 5.75 Å². The molecule has 0 fully saturated rings. The highest BCUT2D eigenvalue weighted by atomic mass is 79.9. The maximum Gasteiger partial charge on any atom is 0.137 e. The van der Waals surface area contributed by atoms with Crippen LogP contribution >= 0.6 is 27.5 Å². The first-order valence-corrected chi connectivity index (χ1v) is 5.58. The van der Waals surface area contributed by atoms with Crippen molar-refractivity contribution >= 4 is 33.6 Å². The van der Waals surface area contributed by atoms with E-state index >= 15 is 0 Å². The van der Waals surface area contributed by atoms with Crippen LogP contribution in [0.1, 0.15) is 12.5 Å². The van der Waals surface area contributed by atoms with Crippen molar-refractivity contribution in [1.82, 2.24) is 0 Å². The second-order valence-electron chi connectivity index (χ2n) is 2.93. The SMILES string of the molecule is COc1ccc(/C=C/C(C)Br)cc1Cl. The Hall–Kier alpha value is -0.470. The molecule has 0 radical (unpaired) electrons. The van der Waals surface area contributed by atoms with Crippen LogP contribution in [0.4, 0.5) is 0 Å². The van der Waals surface area contributed by atoms with Gasteiger partial charge in [0.05, 0.1) is 12.1 Å². The largest absolute Gasteiger partial charge is 0.495 e. The van der Waals surface area contributed by atoms with Crippen molar-refractivity contribution in [3.8, 4) is 5.75 Å². The molecule has 0 aromatic heterocycles. The Morgan fingerprint density at radius 2 is 2.21 bits per heavy atom. The maximum atomic E-state index is 5.97. The van der Waals surface area contributed by atoms with E-state index in [1.807, 2.05) is 24.3 Å². The fourth-order valence-electron chi connectivity index (χ4n) is 1.03. The van der Waals surface area contributed by atoms with Gasteiger partial charge in [-0.25, -0.2) is 0 Å². The van der Waals surface area contributed by atoms with Crippen LogP contribution in [0.25, 0.3) is 6.08 Å². The lowest BCUT2D eigenvalue weighted by Gasteiger charge is -2.03. The number of halogens is 2. The van der Waals surface area contributed by atoms with E-state index in [2.05, 4.69) is 28.9 Å². The van der Waals surface area contributed by atoms with Crippen molar-refractivity contribution in [2.75, 3.05) is 7.11 Å². The van der Waals surface area contributed by atoms with Crippen LogP contribution in [0.2, 0.25) is 5.02 Å². The van der Waals surface area contributed by atoms with Crippen molar-refractivity contribution in [3.05, 3.63) is 34.9 Å². The molecule has 0 saturated heterocycles. The summed E-state index contributed by atoms with van der Waals surface area (Å²) in [5, 5.41) is 0.636. The van der Waals surface area contributed by atoms with Gasteiger partial charge in [-0.2, -0.15) is 0 Å². The summed E-state index contributed by atoms with van der Waals surface area (Å²) in [6, 6.07) is 5.71. The van der Waals surface area contributed by atoms with Crippen molar-refractivity contribution in [3.63, 3.8) is 0 Å². The summed E-state index contributed by atoms with van der Waals surface area (Å²) in [4.78, 5) is 0.364. The Kier molecular flexibility index (Phi) is 4.49. The molecule has 14 heavy (non-hydrogen) atoms. The minimum Gasteiger partial charge on any atom is -0.495 e. The molecule has 0 aliphatic carbocycles. The molecule has 1 atom stereocenters. The Morgan fingerprint density at radius 1 is 1.50 bits per heavy atom. The van der Waals surface area contributed by atoms with Gasteiger partial charge in [-0.1, -0.05) is 45.7 Å². The first-order valence-electron chi connectivity index (χ1n) is 4.29. The zero-order valence-electron chi connectivity index (χ0n) is 8.13. The number of alkyl halides is 1. The van der Waals surface area contributed by atoms with E-state index < -0.39 is 0 Å². The van der Waals surface area contributed by atoms with Crippen LogP contribution < -0.4 is 4.74 Å². The summed E-state index contributed by atoms with van der Waals surface area (Å²) >= 11 is 9.41. The van der Waals surface area contributed by atoms with Gasteiger partial charge in [-0.15, -0.1) is 0 Å². The van der Waals surface area contributed by atoms with E-state index in [0.717, 1.165) is 5.56 Å². The van der Waals surface area contributed by atoms with Crippen LogP contribution in [0.5, 0.6) is 5.75 Å². The lowest BCUT2D eigenvalue weighted by molar-refractivity contribution is 0.415. The van der Waals surface area contributed by atoms with Gasteiger partial charge < -0.3 is 4.74 Å². The third kappa shape index (κ3) is 3.35. The molecule has 0 spiro atoms. The van der Waals surface area contributed by atoms with Crippen LogP contribution in [0.3, 0.4) is 0 Å². The van der Waals surface area contributed by atoms with E-state index in [1.54, 1.807) is 7.11 Å². The lowest BCUT2D eigenvalue weighted by atomic mass is 10.2. The molecule has 1 rings (SSSR count). The fraction of sp³-hybridized carbons (Fsp3) is 0.273. The normalized spacial score (nSPS) is 13.1. The smallest absolute Gasteiger partial charge is 0.137 e. The third-order valence-corrected chi connectivity index (χ3v) is 2.33. The molecule has 1 aromatic rings. The second kappa shape index (κ2) is 5.42. The number of rotatable bonds is 3. The summed E-state index contributed by atoms with van der Waals surface area (Å²) < 4.78 is 5.06. The van der Waals surface area contributed by atoms with E-state index in [4.69, 9.17) is 16.3 Å². The number of methoxy groups -OCH3 is 1. The first-order chi connectivity index (χ1) is 6.63. The monoisotopic (exact) mass is 274 g/mol. The molecule has 0 amide bonds. The van der Waals surface area contributed by atoms with E-state index in [0.29, 0.717) is 15.6 Å². The fourth-order valence-corrected chi connectivity index (χ4v) is 1.45. The molecule has 0 bridgehead atoms. The molecule has 1 aromatic carbocycles. The number of benzene rings is 1. The number of hydrogen-bond donors (Lipinski definition) is 0. The summed E-state index contributed by atoms with van der Waals surface area (Å²) in [5.74, 6) is 0.704. The number of hydrogen-bond acceptors (Lipinski definition) is 1. The summed E-state index contributed by atoms with van der Waals surface area (Å²) in [6.07, 6.45) is 4.07. The van der Waals surface area contributed by atoms with Crippen molar-refractivity contribution in [2.24, 2.45) is 0 Å². The zero-order valence-corrected chi connectivity index (χ0v) is 10.5. The first kappa shape index (κ1) is 11.6. The molecule has 0 N–H and O–H groups in total. The van der Waals surface area contributed by atoms with Gasteiger partial charge >= 0.3 is 0 Å². The molecule has 0 aliphatic rings. The molecule has 3 heteroatoms. The maximum absolute atomic E-state index is 5.97. The Bertz CT molecular complexity index is 334. The summed E-state index contributed by atoms with van der Waals surface area (Å²) in [7, 11) is 1.61. The van der Waals surface area contributed by atoms with Crippen LogP contribution in [0, 0.1) is 0 Å². The summed E-state index contributed by atoms with van der Waals surface area (Å²) in [5.41, 5.74) is 1.07. The Labute approximate surface area is 97.9 Å². The van der Waals surface area contributed by atoms with E-state index in [9.17, 15) is 0 Å². The lowest BCUT2D eigenvalue weighted by Crippen LogP contribution is -1.85. The minimum absolute atomic E-state index is 0.364. The number of ether oxygens (including phenoxy) is 1. The molecular formula is C11H12BrClO. The van der Waals surface area contributed by atoms with Gasteiger partial charge in [-0.3, -0.25) is 0 Å². The van der Waals surface area contributed by atoms with Crippen LogP contribution in [0.15, 0.2) is 24.3 Å². The molecule has 76 valence electrons. The van der Waals surface area contributed by atoms with Gasteiger partial charge in [-0.05, 0) is 24.6 Å². The highest BCUT2D eigenvalue weighted by molar-refractivity contribution is 9.09. The van der Waals surface area contributed by atoms with Crippen molar-refractivity contribution in [2.45, 2.75) is 11.8 Å². The average Bonchev–Trinajstić information content (AvgIpc) is 2.15. The number of allylic oxidation sites excluding steroid dienone is 1. The highest BCUT2D eigenvalue weighted by Crippen LogP contribution is 2.25. The highest BCUT2D eigenvalue weighted by Gasteiger charge is 1.99. The van der Waals surface area contributed by atoms with Crippen molar-refractivity contribution in [1.29, 1.82) is 0 Å². The molecule has 0 heterocycles. The van der Waals surface area contributed by atoms with E-state index in [1.165, 1.54) is 0 Å². The quantitative estimate of drug-likeness (QED) is 0.753. The van der Waals surface area contributed by atoms with Crippen molar-refractivity contribution < 1.29 is 4.74 Å². The molecule has 0 saturated carbocycles. The van der Waals surface area contributed by atoms with Gasteiger partial charge in [0.2, 0.25) is 0 Å². The minimum atomic E-state index is 0.364. The second-order valence-corrected chi connectivity index (χ2v) is 4.78. The predicted molar refractivity (Wildman–Crippen MR) is 65.4 cm³/mol. The Morgan fingerprint density at radius 3 is 2.71 bits per heavy atom. The molecular weight excluding hydrogens is 263 g/mol. The van der Waals surface area contributed by atoms with Crippen LogP contribution in [-0.2, 0) is 0 Å². The summed E-state index contributed by atoms with van der Waals surface area (Å²) in [6.45, 7) is 2.06. The van der Waals surface area contributed by atoms with Gasteiger partial charge in [0.25, 0.3) is 0 Å².